The molecule has 0 aromatic carbocycles. The highest BCUT2D eigenvalue weighted by atomic mass is 35.5. The van der Waals surface area contributed by atoms with Crippen LogP contribution in [-0.2, 0) is 0 Å². The van der Waals surface area contributed by atoms with Crippen LogP contribution in [-0.4, -0.2) is 16.4 Å². The molecule has 2 nitrogen and oxygen atoms in total. The Morgan fingerprint density at radius 1 is 1.50 bits per heavy atom. The Kier molecular flexibility index (Phi) is 3.76. The Labute approximate surface area is 90.7 Å². The van der Waals surface area contributed by atoms with Gasteiger partial charge in [0.25, 0.3) is 0 Å². The number of halogens is 1. The molecule has 0 fully saturated rings. The van der Waals surface area contributed by atoms with Crippen molar-refractivity contribution in [3.63, 3.8) is 0 Å². The van der Waals surface area contributed by atoms with Crippen LogP contribution in [0.1, 0.15) is 25.8 Å². The number of aromatic nitrogens is 1. The average Bonchev–Trinajstić information content (AvgIpc) is 2.08. The monoisotopic (exact) mass is 212 g/mol. The van der Waals surface area contributed by atoms with Crippen molar-refractivity contribution in [2.75, 3.05) is 11.2 Å². The van der Waals surface area contributed by atoms with Gasteiger partial charge >= 0.3 is 0 Å². The number of anilines is 1. The number of aryl methyl sites for hydroxylation is 1. The van der Waals surface area contributed by atoms with Crippen molar-refractivity contribution < 1.29 is 0 Å². The molecule has 1 N–H and O–H groups in total. The molecule has 1 rings (SSSR count). The first-order valence-electron chi connectivity index (χ1n) is 4.80. The molecular weight excluding hydrogens is 196 g/mol. The van der Waals surface area contributed by atoms with Crippen LogP contribution in [0.25, 0.3) is 0 Å². The Morgan fingerprint density at radius 3 is 2.79 bits per heavy atom. The number of nitrogens with zero attached hydrogens (tertiary/aromatic N) is 1. The van der Waals surface area contributed by atoms with E-state index in [1.807, 2.05) is 19.2 Å². The van der Waals surface area contributed by atoms with Crippen LogP contribution in [0.2, 0.25) is 0 Å². The van der Waals surface area contributed by atoms with Crippen molar-refractivity contribution in [3.8, 4) is 0 Å². The molecule has 78 valence electrons. The summed E-state index contributed by atoms with van der Waals surface area (Å²) in [5.41, 5.74) is 2.33. The van der Waals surface area contributed by atoms with Crippen LogP contribution >= 0.6 is 11.6 Å². The summed E-state index contributed by atoms with van der Waals surface area (Å²) in [4.78, 5) is 4.05. The molecule has 3 heteroatoms. The van der Waals surface area contributed by atoms with Crippen LogP contribution in [0, 0.1) is 6.92 Å². The second-order valence-corrected chi connectivity index (χ2v) is 4.52. The standard InChI is InChI=1S/C11H17ClN2/c1-9-8-13-7-4-10(9)14-11(2,3)5-6-12/h4,7-8H,5-6H2,1-3H3,(H,13,14). The van der Waals surface area contributed by atoms with Gasteiger partial charge in [0.1, 0.15) is 0 Å². The predicted molar refractivity (Wildman–Crippen MR) is 62.0 cm³/mol. The van der Waals surface area contributed by atoms with Crippen LogP contribution in [0.5, 0.6) is 0 Å². The Morgan fingerprint density at radius 2 is 2.21 bits per heavy atom. The number of pyridine rings is 1. The van der Waals surface area contributed by atoms with E-state index in [0.29, 0.717) is 5.88 Å². The van der Waals surface area contributed by atoms with Gasteiger partial charge in [-0.1, -0.05) is 0 Å². The first kappa shape index (κ1) is 11.3. The summed E-state index contributed by atoms with van der Waals surface area (Å²) in [5.74, 6) is 0.671. The zero-order valence-corrected chi connectivity index (χ0v) is 9.73. The number of rotatable bonds is 4. The smallest absolute Gasteiger partial charge is 0.0404 e. The van der Waals surface area contributed by atoms with E-state index in [4.69, 9.17) is 11.6 Å². The van der Waals surface area contributed by atoms with Gasteiger partial charge < -0.3 is 5.32 Å². The molecular formula is C11H17ClN2. The van der Waals surface area contributed by atoms with Crippen molar-refractivity contribution in [1.29, 1.82) is 0 Å². The van der Waals surface area contributed by atoms with Crippen LogP contribution in [0.3, 0.4) is 0 Å². The molecule has 0 atom stereocenters. The second kappa shape index (κ2) is 4.65. The normalized spacial score (nSPS) is 11.4. The fourth-order valence-electron chi connectivity index (χ4n) is 1.28. The highest BCUT2D eigenvalue weighted by Crippen LogP contribution is 2.20. The van der Waals surface area contributed by atoms with Crippen LogP contribution in [0.15, 0.2) is 18.5 Å². The summed E-state index contributed by atoms with van der Waals surface area (Å²) in [7, 11) is 0. The minimum Gasteiger partial charge on any atom is -0.380 e. The second-order valence-electron chi connectivity index (χ2n) is 4.14. The summed E-state index contributed by atoms with van der Waals surface area (Å²) in [6, 6.07) is 1.99. The Balaban J connectivity index is 2.73. The molecule has 0 radical (unpaired) electrons. The van der Waals surface area contributed by atoms with Crippen LogP contribution < -0.4 is 5.32 Å². The molecule has 1 heterocycles. The maximum absolute atomic E-state index is 5.74. The minimum atomic E-state index is 0.0356. The van der Waals surface area contributed by atoms with Gasteiger partial charge in [0.2, 0.25) is 0 Å². The van der Waals surface area contributed by atoms with Crippen molar-refractivity contribution in [2.45, 2.75) is 32.7 Å². The molecule has 0 unspecified atom stereocenters. The highest BCUT2D eigenvalue weighted by molar-refractivity contribution is 6.17. The molecule has 14 heavy (non-hydrogen) atoms. The van der Waals surface area contributed by atoms with Crippen molar-refractivity contribution in [1.82, 2.24) is 4.98 Å². The van der Waals surface area contributed by atoms with Crippen molar-refractivity contribution in [2.24, 2.45) is 0 Å². The first-order valence-corrected chi connectivity index (χ1v) is 5.33. The van der Waals surface area contributed by atoms with Gasteiger partial charge in [-0.3, -0.25) is 4.98 Å². The molecule has 0 amide bonds. The number of hydrogen-bond acceptors (Lipinski definition) is 2. The Hall–Kier alpha value is -0.760. The molecule has 1 aromatic rings. The molecule has 0 saturated heterocycles. The molecule has 0 bridgehead atoms. The van der Waals surface area contributed by atoms with Gasteiger partial charge in [-0.25, -0.2) is 0 Å². The number of alkyl halides is 1. The van der Waals surface area contributed by atoms with Crippen LogP contribution in [0.4, 0.5) is 5.69 Å². The predicted octanol–water partition coefficient (Wildman–Crippen LogP) is 3.21. The topological polar surface area (TPSA) is 24.9 Å². The summed E-state index contributed by atoms with van der Waals surface area (Å²) in [5, 5.41) is 3.46. The van der Waals surface area contributed by atoms with Crippen molar-refractivity contribution >= 4 is 17.3 Å². The fourth-order valence-corrected chi connectivity index (χ4v) is 1.75. The number of nitrogens with one attached hydrogen (secondary N) is 1. The largest absolute Gasteiger partial charge is 0.380 e. The summed E-state index contributed by atoms with van der Waals surface area (Å²) >= 11 is 5.74. The average molecular weight is 213 g/mol. The number of hydrogen-bond donors (Lipinski definition) is 1. The van der Waals surface area contributed by atoms with Crippen molar-refractivity contribution in [3.05, 3.63) is 24.0 Å². The highest BCUT2D eigenvalue weighted by Gasteiger charge is 2.16. The quantitative estimate of drug-likeness (QED) is 0.776. The van der Waals surface area contributed by atoms with E-state index in [9.17, 15) is 0 Å². The molecule has 1 aromatic heterocycles. The van der Waals surface area contributed by atoms with Gasteiger partial charge in [0, 0.05) is 29.5 Å². The fraction of sp³-hybridized carbons (Fsp3) is 0.545. The van der Waals surface area contributed by atoms with Gasteiger partial charge in [-0.05, 0) is 38.8 Å². The van der Waals surface area contributed by atoms with E-state index in [2.05, 4.69) is 24.1 Å². The Bertz CT molecular complexity index is 297. The third-order valence-electron chi connectivity index (χ3n) is 2.21. The van der Waals surface area contributed by atoms with E-state index >= 15 is 0 Å². The first-order chi connectivity index (χ1) is 6.55. The molecule has 0 aliphatic carbocycles. The third-order valence-corrected chi connectivity index (χ3v) is 2.40. The zero-order chi connectivity index (χ0) is 10.6. The SMILES string of the molecule is Cc1cnccc1NC(C)(C)CCCl. The van der Waals surface area contributed by atoms with Gasteiger partial charge in [-0.15, -0.1) is 11.6 Å². The molecule has 0 spiro atoms. The molecule has 0 saturated carbocycles. The van der Waals surface area contributed by atoms with E-state index in [0.717, 1.165) is 17.7 Å². The minimum absolute atomic E-state index is 0.0356. The molecule has 0 aliphatic heterocycles. The van der Waals surface area contributed by atoms with E-state index in [1.54, 1.807) is 6.20 Å². The lowest BCUT2D eigenvalue weighted by molar-refractivity contribution is 0.550. The lowest BCUT2D eigenvalue weighted by atomic mass is 10.0. The summed E-state index contributed by atoms with van der Waals surface area (Å²) in [6.07, 6.45) is 4.60. The summed E-state index contributed by atoms with van der Waals surface area (Å²) < 4.78 is 0. The van der Waals surface area contributed by atoms with Gasteiger partial charge in [0.15, 0.2) is 0 Å². The lowest BCUT2D eigenvalue weighted by Gasteiger charge is -2.27. The van der Waals surface area contributed by atoms with E-state index in [-0.39, 0.29) is 5.54 Å². The zero-order valence-electron chi connectivity index (χ0n) is 8.97. The third kappa shape index (κ3) is 3.18. The van der Waals surface area contributed by atoms with E-state index < -0.39 is 0 Å². The molecule has 0 aliphatic rings. The lowest BCUT2D eigenvalue weighted by Crippen LogP contribution is -2.31. The van der Waals surface area contributed by atoms with Gasteiger partial charge in [0.05, 0.1) is 0 Å². The maximum atomic E-state index is 5.74. The summed E-state index contributed by atoms with van der Waals surface area (Å²) in [6.45, 7) is 6.34. The van der Waals surface area contributed by atoms with E-state index in [1.165, 1.54) is 0 Å². The maximum Gasteiger partial charge on any atom is 0.0404 e. The van der Waals surface area contributed by atoms with Gasteiger partial charge in [-0.2, -0.15) is 0 Å².